The second-order valence-electron chi connectivity index (χ2n) is 8.20. The Morgan fingerprint density at radius 1 is 1.09 bits per heavy atom. The van der Waals surface area contributed by atoms with Gasteiger partial charge in [0.15, 0.2) is 24.2 Å². The number of ether oxygens (including phenoxy) is 3. The highest BCUT2D eigenvalue weighted by molar-refractivity contribution is 5.97. The number of nitrogens with zero attached hydrogens (tertiary/aromatic N) is 2. The number of benzene rings is 1. The van der Waals surface area contributed by atoms with Crippen molar-refractivity contribution in [3.8, 4) is 0 Å². The van der Waals surface area contributed by atoms with Gasteiger partial charge in [0.1, 0.15) is 6.10 Å². The summed E-state index contributed by atoms with van der Waals surface area (Å²) in [6, 6.07) is 5.08. The van der Waals surface area contributed by atoms with Crippen molar-refractivity contribution < 1.29 is 38.1 Å². The number of aliphatic hydroxyl groups excluding tert-OH is 1. The van der Waals surface area contributed by atoms with Gasteiger partial charge in [0.05, 0.1) is 19.3 Å². The molecule has 4 atom stereocenters. The predicted octanol–water partition coefficient (Wildman–Crippen LogP) is 0.402. The van der Waals surface area contributed by atoms with Gasteiger partial charge in [0, 0.05) is 19.4 Å². The minimum Gasteiger partial charge on any atom is -0.456 e. The molecule has 1 N–H and O–H groups in total. The molecule has 0 radical (unpaired) electrons. The molecule has 0 saturated carbocycles. The van der Waals surface area contributed by atoms with Crippen molar-refractivity contribution in [3.05, 3.63) is 67.7 Å². The molecular formula is C23H25FN2O9. The number of carbonyl (C=O) groups is 3. The quantitative estimate of drug-likeness (QED) is 0.429. The highest BCUT2D eigenvalue weighted by atomic mass is 19.1. The molecule has 3 rings (SSSR count). The van der Waals surface area contributed by atoms with Crippen LogP contribution in [0.5, 0.6) is 0 Å². The van der Waals surface area contributed by atoms with Crippen LogP contribution in [-0.4, -0.2) is 56.9 Å². The number of aryl methyl sites for hydroxylation is 2. The van der Waals surface area contributed by atoms with Gasteiger partial charge in [-0.05, 0) is 25.5 Å². The van der Waals surface area contributed by atoms with E-state index in [-0.39, 0.29) is 5.56 Å². The molecule has 2 aromatic rings. The largest absolute Gasteiger partial charge is 0.456 e. The van der Waals surface area contributed by atoms with E-state index in [1.54, 1.807) is 32.0 Å². The van der Waals surface area contributed by atoms with Crippen molar-refractivity contribution in [3.63, 3.8) is 0 Å². The zero-order valence-corrected chi connectivity index (χ0v) is 19.5. The van der Waals surface area contributed by atoms with E-state index in [4.69, 9.17) is 14.2 Å². The van der Waals surface area contributed by atoms with Crippen molar-refractivity contribution >= 4 is 17.7 Å². The molecule has 35 heavy (non-hydrogen) atoms. The first-order valence-electron chi connectivity index (χ1n) is 10.7. The number of ketones is 1. The minimum absolute atomic E-state index is 0.261. The predicted molar refractivity (Wildman–Crippen MR) is 117 cm³/mol. The molecule has 0 unspecified atom stereocenters. The third kappa shape index (κ3) is 5.38. The molecule has 1 aliphatic heterocycles. The fourth-order valence-corrected chi connectivity index (χ4v) is 3.90. The molecular weight excluding hydrogens is 467 g/mol. The van der Waals surface area contributed by atoms with Gasteiger partial charge in [0.25, 0.3) is 5.56 Å². The van der Waals surface area contributed by atoms with Crippen molar-refractivity contribution in [1.29, 1.82) is 0 Å². The van der Waals surface area contributed by atoms with Gasteiger partial charge in [-0.25, -0.2) is 9.36 Å². The number of esters is 2. The minimum atomic E-state index is -1.56. The molecule has 188 valence electrons. The van der Waals surface area contributed by atoms with Crippen LogP contribution in [0.4, 0.5) is 4.39 Å². The Kier molecular flexibility index (Phi) is 7.66. The zero-order chi connectivity index (χ0) is 26.0. The first-order chi connectivity index (χ1) is 16.4. The molecule has 12 heteroatoms. The Balaban J connectivity index is 2.08. The summed E-state index contributed by atoms with van der Waals surface area (Å²) in [6.45, 7) is 4.13. The van der Waals surface area contributed by atoms with Crippen LogP contribution in [0.3, 0.4) is 0 Å². The van der Waals surface area contributed by atoms with Crippen LogP contribution in [0, 0.1) is 19.7 Å². The Morgan fingerprint density at radius 2 is 1.71 bits per heavy atom. The number of carbonyl (C=O) groups excluding carboxylic acids is 3. The van der Waals surface area contributed by atoms with Gasteiger partial charge < -0.3 is 19.3 Å². The maximum atomic E-state index is 14.6. The maximum Gasteiger partial charge on any atom is 0.333 e. The summed E-state index contributed by atoms with van der Waals surface area (Å²) in [5.41, 5.74) is -0.815. The Bertz CT molecular complexity index is 1280. The van der Waals surface area contributed by atoms with Gasteiger partial charge in [-0.3, -0.25) is 23.7 Å². The summed E-state index contributed by atoms with van der Waals surface area (Å²) in [4.78, 5) is 61.8. The van der Waals surface area contributed by atoms with Crippen LogP contribution in [0.1, 0.15) is 41.6 Å². The second-order valence-corrected chi connectivity index (χ2v) is 8.20. The molecule has 1 aromatic carbocycles. The number of hydrogen-bond donors (Lipinski definition) is 1. The van der Waals surface area contributed by atoms with E-state index in [0.717, 1.165) is 19.4 Å². The van der Waals surface area contributed by atoms with Crippen molar-refractivity contribution in [1.82, 2.24) is 9.13 Å². The normalized spacial score (nSPS) is 21.5. The van der Waals surface area contributed by atoms with Gasteiger partial charge in [-0.2, -0.15) is 4.39 Å². The Hall–Kier alpha value is -3.64. The van der Waals surface area contributed by atoms with E-state index >= 15 is 0 Å². The summed E-state index contributed by atoms with van der Waals surface area (Å²) in [7, 11) is 0. The summed E-state index contributed by atoms with van der Waals surface area (Å²) in [6.07, 6.45) is -5.01. The van der Waals surface area contributed by atoms with Crippen molar-refractivity contribution in [2.45, 2.75) is 58.8 Å². The van der Waals surface area contributed by atoms with E-state index in [0.29, 0.717) is 20.9 Å². The molecule has 2 heterocycles. The maximum absolute atomic E-state index is 14.6. The molecule has 11 nitrogen and oxygen atoms in total. The number of Topliss-reactive ketones (excluding diaryl/α,β-unsaturated/α-hetero) is 1. The van der Waals surface area contributed by atoms with Crippen LogP contribution in [0.2, 0.25) is 0 Å². The molecule has 1 aliphatic rings. The summed E-state index contributed by atoms with van der Waals surface area (Å²) < 4.78 is 31.5. The molecule has 0 amide bonds. The van der Waals surface area contributed by atoms with Gasteiger partial charge in [-0.1, -0.05) is 17.7 Å². The highest BCUT2D eigenvalue weighted by Crippen LogP contribution is 2.33. The monoisotopic (exact) mass is 492 g/mol. The lowest BCUT2D eigenvalue weighted by Gasteiger charge is -2.24. The third-order valence-corrected chi connectivity index (χ3v) is 5.49. The first-order valence-corrected chi connectivity index (χ1v) is 10.7. The summed E-state index contributed by atoms with van der Waals surface area (Å²) in [5, 5.41) is 9.66. The van der Waals surface area contributed by atoms with Crippen molar-refractivity contribution in [2.75, 3.05) is 6.61 Å². The van der Waals surface area contributed by atoms with Gasteiger partial charge in [-0.15, -0.1) is 0 Å². The second kappa shape index (κ2) is 10.3. The zero-order valence-electron chi connectivity index (χ0n) is 19.5. The van der Waals surface area contributed by atoms with E-state index in [1.165, 1.54) is 0 Å². The SMILES string of the molecule is CC(=O)O[C@@H]1[C@H](OC(C)=O)[C@@H](CO)O[C@H]1n1cc(F)c(=O)n(CC(=O)c2cc(C)ccc2C)c1=O. The average molecular weight is 492 g/mol. The van der Waals surface area contributed by atoms with Crippen LogP contribution in [0.25, 0.3) is 0 Å². The van der Waals surface area contributed by atoms with E-state index < -0.39 is 72.5 Å². The fraction of sp³-hybridized carbons (Fsp3) is 0.435. The molecule has 1 fully saturated rings. The number of rotatable bonds is 7. The van der Waals surface area contributed by atoms with Crippen LogP contribution >= 0.6 is 0 Å². The number of hydrogen-bond acceptors (Lipinski definition) is 9. The summed E-state index contributed by atoms with van der Waals surface area (Å²) in [5.74, 6) is -3.58. The van der Waals surface area contributed by atoms with Crippen molar-refractivity contribution in [2.24, 2.45) is 0 Å². The topological polar surface area (TPSA) is 143 Å². The van der Waals surface area contributed by atoms with Crippen LogP contribution in [0.15, 0.2) is 34.0 Å². The van der Waals surface area contributed by atoms with Crippen LogP contribution < -0.4 is 11.2 Å². The van der Waals surface area contributed by atoms with E-state index in [1.807, 2.05) is 0 Å². The highest BCUT2D eigenvalue weighted by Gasteiger charge is 2.50. The standard InChI is InChI=1S/C23H25FN2O9/c1-11-5-6-12(2)15(7-11)17(30)9-25-21(31)16(24)8-26(23(25)32)22-20(34-14(4)29)19(33-13(3)28)18(10-27)35-22/h5-8,18-20,22,27H,9-10H2,1-4H3/t18-,19-,20-,22-/m1/s1. The Morgan fingerprint density at radius 3 is 2.31 bits per heavy atom. The first kappa shape index (κ1) is 26.0. The lowest BCUT2D eigenvalue weighted by Crippen LogP contribution is -2.47. The molecule has 0 bridgehead atoms. The number of aliphatic hydroxyl groups is 1. The lowest BCUT2D eigenvalue weighted by atomic mass is 10.0. The molecule has 1 aromatic heterocycles. The lowest BCUT2D eigenvalue weighted by molar-refractivity contribution is -0.165. The smallest absolute Gasteiger partial charge is 0.333 e. The third-order valence-electron chi connectivity index (χ3n) is 5.49. The molecule has 0 spiro atoms. The summed E-state index contributed by atoms with van der Waals surface area (Å²) >= 11 is 0. The number of aromatic nitrogens is 2. The number of halogens is 1. The fourth-order valence-electron chi connectivity index (χ4n) is 3.90. The van der Waals surface area contributed by atoms with Gasteiger partial charge >= 0.3 is 17.6 Å². The average Bonchev–Trinajstić information content (AvgIpc) is 3.11. The molecule has 1 saturated heterocycles. The van der Waals surface area contributed by atoms with Crippen LogP contribution in [-0.2, 0) is 30.3 Å². The van der Waals surface area contributed by atoms with E-state index in [9.17, 15) is 33.5 Å². The Labute approximate surface area is 198 Å². The molecule has 0 aliphatic carbocycles. The van der Waals surface area contributed by atoms with E-state index in [2.05, 4.69) is 0 Å². The van der Waals surface area contributed by atoms with Gasteiger partial charge in [0.2, 0.25) is 5.82 Å².